The molecule has 0 radical (unpaired) electrons. The summed E-state index contributed by atoms with van der Waals surface area (Å²) in [6, 6.07) is 16.8. The average molecular weight is 549 g/mol. The summed E-state index contributed by atoms with van der Waals surface area (Å²) in [6.45, 7) is -0.164. The first-order valence-electron chi connectivity index (χ1n) is 10.5. The first kappa shape index (κ1) is 27.2. The van der Waals surface area contributed by atoms with Crippen LogP contribution in [0.5, 0.6) is 0 Å². The average Bonchev–Trinajstić information content (AvgIpc) is 3.39. The maximum absolute atomic E-state index is 13.5. The number of nitrogens with one attached hydrogen (secondary N) is 2. The first-order chi connectivity index (χ1) is 16.8. The lowest BCUT2D eigenvalue weighted by atomic mass is 10.1. The molecule has 1 unspecified atom stereocenters. The molecule has 1 atom stereocenters. The Morgan fingerprint density at radius 2 is 1.78 bits per heavy atom. The zero-order valence-electron chi connectivity index (χ0n) is 18.7. The van der Waals surface area contributed by atoms with Gasteiger partial charge in [0, 0.05) is 23.7 Å². The minimum atomic E-state index is -4.03. The van der Waals surface area contributed by atoms with E-state index >= 15 is 0 Å². The summed E-state index contributed by atoms with van der Waals surface area (Å²) in [7, 11) is -4.03. The van der Waals surface area contributed by atoms with Gasteiger partial charge in [-0.1, -0.05) is 30.3 Å². The van der Waals surface area contributed by atoms with Crippen molar-refractivity contribution in [3.63, 3.8) is 0 Å². The zero-order chi connectivity index (χ0) is 24.8. The summed E-state index contributed by atoms with van der Waals surface area (Å²) in [6.07, 6.45) is 1.73. The van der Waals surface area contributed by atoms with Crippen LogP contribution < -0.4 is 10.6 Å². The molecule has 3 N–H and O–H groups in total. The summed E-state index contributed by atoms with van der Waals surface area (Å²) in [4.78, 5) is 19.4. The fourth-order valence-corrected chi connectivity index (χ4v) is 5.52. The van der Waals surface area contributed by atoms with E-state index in [0.29, 0.717) is 0 Å². The molecule has 0 saturated heterocycles. The molecule has 0 aliphatic carbocycles. The van der Waals surface area contributed by atoms with Crippen LogP contribution in [0.3, 0.4) is 0 Å². The molecule has 0 aliphatic heterocycles. The van der Waals surface area contributed by atoms with E-state index in [1.165, 1.54) is 29.5 Å². The Morgan fingerprint density at radius 3 is 2.42 bits per heavy atom. The van der Waals surface area contributed by atoms with Crippen molar-refractivity contribution < 1.29 is 22.7 Å². The fraction of sp³-hybridized carbons (Fsp3) is 0.125. The molecule has 4 rings (SSSR count). The summed E-state index contributed by atoms with van der Waals surface area (Å²) in [5.41, 5.74) is 1.96. The van der Waals surface area contributed by atoms with Gasteiger partial charge < -0.3 is 10.4 Å². The van der Waals surface area contributed by atoms with Gasteiger partial charge in [-0.2, -0.15) is 0 Å². The van der Waals surface area contributed by atoms with Crippen LogP contribution in [0.1, 0.15) is 16.6 Å². The lowest BCUT2D eigenvalue weighted by molar-refractivity contribution is -0.134. The molecule has 2 aromatic carbocycles. The number of carbonyl (C=O) groups is 1. The van der Waals surface area contributed by atoms with Crippen molar-refractivity contribution in [2.75, 3.05) is 11.9 Å². The molecule has 188 valence electrons. The Hall–Kier alpha value is -3.38. The van der Waals surface area contributed by atoms with E-state index < -0.39 is 27.0 Å². The van der Waals surface area contributed by atoms with Crippen molar-refractivity contribution in [2.24, 2.45) is 0 Å². The van der Waals surface area contributed by atoms with Gasteiger partial charge in [0.05, 0.1) is 10.6 Å². The quantitative estimate of drug-likeness (QED) is 0.247. The number of aliphatic carboxylic acids is 1. The van der Waals surface area contributed by atoms with Gasteiger partial charge in [-0.25, -0.2) is 22.8 Å². The van der Waals surface area contributed by atoms with Crippen molar-refractivity contribution in [1.29, 1.82) is 0 Å². The molecule has 12 heteroatoms. The van der Waals surface area contributed by atoms with Crippen LogP contribution in [0.15, 0.2) is 83.2 Å². The van der Waals surface area contributed by atoms with Gasteiger partial charge in [0.25, 0.3) is 0 Å². The van der Waals surface area contributed by atoms with E-state index in [9.17, 15) is 17.6 Å². The molecule has 2 aromatic heterocycles. The number of pyridine rings is 1. The van der Waals surface area contributed by atoms with Gasteiger partial charge in [0.15, 0.2) is 15.2 Å². The monoisotopic (exact) mass is 548 g/mol. The molecular weight excluding hydrogens is 527 g/mol. The van der Waals surface area contributed by atoms with Crippen molar-refractivity contribution >= 4 is 45.4 Å². The van der Waals surface area contributed by atoms with Crippen molar-refractivity contribution in [1.82, 2.24) is 15.3 Å². The minimum Gasteiger partial charge on any atom is -0.480 e. The van der Waals surface area contributed by atoms with Crippen LogP contribution in [0.25, 0.3) is 10.6 Å². The number of aromatic nitrogens is 2. The van der Waals surface area contributed by atoms with Crippen LogP contribution >= 0.6 is 23.7 Å². The normalized spacial score (nSPS) is 11.9. The number of benzene rings is 2. The highest BCUT2D eigenvalue weighted by molar-refractivity contribution is 7.91. The van der Waals surface area contributed by atoms with Gasteiger partial charge in [0.1, 0.15) is 23.2 Å². The lowest BCUT2D eigenvalue weighted by Crippen LogP contribution is -2.29. The molecule has 36 heavy (non-hydrogen) atoms. The van der Waals surface area contributed by atoms with Crippen molar-refractivity contribution in [3.05, 3.63) is 95.4 Å². The summed E-state index contributed by atoms with van der Waals surface area (Å²) in [5, 5.41) is 16.1. The number of carboxylic acids is 1. The number of hydrogen-bond acceptors (Lipinski definition) is 8. The first-order valence-corrected chi connectivity index (χ1v) is 12.9. The highest BCUT2D eigenvalue weighted by atomic mass is 35.5. The van der Waals surface area contributed by atoms with E-state index in [-0.39, 0.29) is 41.9 Å². The zero-order valence-corrected chi connectivity index (χ0v) is 21.1. The lowest BCUT2D eigenvalue weighted by Gasteiger charge is -2.20. The molecule has 4 aromatic rings. The van der Waals surface area contributed by atoms with Gasteiger partial charge in [-0.05, 0) is 42.0 Å². The number of sulfone groups is 1. The number of hydrogen-bond donors (Lipinski definition) is 3. The molecule has 2 heterocycles. The summed E-state index contributed by atoms with van der Waals surface area (Å²) in [5.74, 6) is -1.41. The Morgan fingerprint density at radius 1 is 1.06 bits per heavy atom. The third-order valence-electron chi connectivity index (χ3n) is 5.04. The van der Waals surface area contributed by atoms with E-state index in [4.69, 9.17) is 5.11 Å². The SMILES string of the molecule is Cl.O=C(O)CNc1cccc(C(NCc2ccc(-c3nccs3)cc2)S(=O)(=O)c2ccc(F)cc2)n1. The second kappa shape index (κ2) is 12.0. The number of anilines is 1. The maximum Gasteiger partial charge on any atom is 0.322 e. The Labute approximate surface area is 217 Å². The number of rotatable bonds is 10. The second-order valence-corrected chi connectivity index (χ2v) is 10.4. The van der Waals surface area contributed by atoms with Gasteiger partial charge in [0.2, 0.25) is 0 Å². The molecule has 0 bridgehead atoms. The number of thiazole rings is 1. The minimum absolute atomic E-state index is 0. The van der Waals surface area contributed by atoms with Gasteiger partial charge >= 0.3 is 5.97 Å². The second-order valence-electron chi connectivity index (χ2n) is 7.49. The molecule has 0 amide bonds. The summed E-state index contributed by atoms with van der Waals surface area (Å²) >= 11 is 1.52. The summed E-state index contributed by atoms with van der Waals surface area (Å²) < 4.78 is 40.4. The number of nitrogens with zero attached hydrogens (tertiary/aromatic N) is 2. The van der Waals surface area contributed by atoms with E-state index in [2.05, 4.69) is 20.6 Å². The topological polar surface area (TPSA) is 121 Å². The predicted molar refractivity (Wildman–Crippen MR) is 138 cm³/mol. The Bertz CT molecular complexity index is 1400. The Kier molecular flexibility index (Phi) is 9.10. The molecule has 0 spiro atoms. The Balaban J connectivity index is 0.00000361. The third kappa shape index (κ3) is 6.64. The molecular formula is C24H22ClFN4O4S2. The van der Waals surface area contributed by atoms with E-state index in [1.807, 2.05) is 29.6 Å². The highest BCUT2D eigenvalue weighted by Gasteiger charge is 2.30. The van der Waals surface area contributed by atoms with E-state index in [1.54, 1.807) is 18.3 Å². The smallest absolute Gasteiger partial charge is 0.322 e. The fourth-order valence-electron chi connectivity index (χ4n) is 3.34. The van der Waals surface area contributed by atoms with Crippen LogP contribution in [-0.4, -0.2) is 36.0 Å². The van der Waals surface area contributed by atoms with Crippen molar-refractivity contribution in [3.8, 4) is 10.6 Å². The van der Waals surface area contributed by atoms with Crippen molar-refractivity contribution in [2.45, 2.75) is 16.8 Å². The van der Waals surface area contributed by atoms with Gasteiger partial charge in [-0.15, -0.1) is 23.7 Å². The van der Waals surface area contributed by atoms with E-state index in [0.717, 1.165) is 28.3 Å². The number of halogens is 2. The van der Waals surface area contributed by atoms with Crippen LogP contribution in [0.2, 0.25) is 0 Å². The highest BCUT2D eigenvalue weighted by Crippen LogP contribution is 2.28. The molecule has 0 fully saturated rings. The molecule has 0 saturated carbocycles. The standard InChI is InChI=1S/C24H21FN4O4S2.ClH/c25-18-8-10-19(11-9-18)35(32,33)24(20-2-1-3-21(29-20)27-15-22(30)31)28-14-16-4-6-17(7-5-16)23-26-12-13-34-23;/h1-13,24,28H,14-15H2,(H,27,29)(H,30,31);1H. The largest absolute Gasteiger partial charge is 0.480 e. The predicted octanol–water partition coefficient (Wildman–Crippen LogP) is 4.52. The van der Waals surface area contributed by atoms with Gasteiger partial charge in [-0.3, -0.25) is 10.1 Å². The third-order valence-corrected chi connectivity index (χ3v) is 7.82. The van der Waals surface area contributed by atoms with Crippen LogP contribution in [0, 0.1) is 5.82 Å². The van der Waals surface area contributed by atoms with Crippen LogP contribution in [-0.2, 0) is 21.2 Å². The molecule has 0 aliphatic rings. The molecule has 8 nitrogen and oxygen atoms in total. The van der Waals surface area contributed by atoms with Crippen LogP contribution in [0.4, 0.5) is 10.2 Å². The maximum atomic E-state index is 13.5. The number of carboxylic acid groups (broad SMARTS) is 1.